The fourth-order valence-electron chi connectivity index (χ4n) is 2.12. The lowest BCUT2D eigenvalue weighted by atomic mass is 10.2. The van der Waals surface area contributed by atoms with Gasteiger partial charge >= 0.3 is 0 Å². The van der Waals surface area contributed by atoms with Crippen LogP contribution in [0.1, 0.15) is 12.8 Å². The number of nitrogens with zero attached hydrogens (tertiary/aromatic N) is 2. The van der Waals surface area contributed by atoms with E-state index >= 15 is 0 Å². The molecule has 0 aliphatic carbocycles. The van der Waals surface area contributed by atoms with E-state index in [0.29, 0.717) is 6.04 Å². The Bertz CT molecular complexity index is 226. The Morgan fingerprint density at radius 3 is 2.88 bits per heavy atom. The van der Waals surface area contributed by atoms with Gasteiger partial charge in [0.15, 0.2) is 5.96 Å². The fourth-order valence-corrected chi connectivity index (χ4v) is 2.12. The van der Waals surface area contributed by atoms with Crippen molar-refractivity contribution in [3.8, 4) is 0 Å². The number of likely N-dealkylation sites (tertiary alicyclic amines) is 1. The monoisotopic (exact) mass is 356 g/mol. The molecular weight excluding hydrogens is 331 g/mol. The van der Waals surface area contributed by atoms with Crippen LogP contribution in [0.4, 0.5) is 0 Å². The van der Waals surface area contributed by atoms with Gasteiger partial charge in [-0.1, -0.05) is 0 Å². The highest BCUT2D eigenvalue weighted by Gasteiger charge is 2.23. The Kier molecular flexibility index (Phi) is 9.85. The van der Waals surface area contributed by atoms with Gasteiger partial charge in [-0.2, -0.15) is 0 Å². The molecule has 0 radical (unpaired) electrons. The first kappa shape index (κ1) is 16.9. The predicted molar refractivity (Wildman–Crippen MR) is 82.3 cm³/mol. The third-order valence-corrected chi connectivity index (χ3v) is 3.05. The van der Waals surface area contributed by atoms with Gasteiger partial charge in [-0.3, -0.25) is 9.89 Å². The molecule has 6 heteroatoms. The molecule has 1 saturated heterocycles. The van der Waals surface area contributed by atoms with Crippen LogP contribution in [0.2, 0.25) is 0 Å². The highest BCUT2D eigenvalue weighted by atomic mass is 127. The van der Waals surface area contributed by atoms with Crippen LogP contribution in [0.15, 0.2) is 4.99 Å². The second kappa shape index (κ2) is 9.90. The summed E-state index contributed by atoms with van der Waals surface area (Å²) in [6, 6.07) is 0.611. The Labute approximate surface area is 121 Å². The van der Waals surface area contributed by atoms with Gasteiger partial charge in [-0.05, 0) is 19.4 Å². The van der Waals surface area contributed by atoms with E-state index in [-0.39, 0.29) is 24.0 Å². The second-order valence-electron chi connectivity index (χ2n) is 4.03. The lowest BCUT2D eigenvalue weighted by Crippen LogP contribution is -2.44. The first-order valence-corrected chi connectivity index (χ1v) is 5.93. The summed E-state index contributed by atoms with van der Waals surface area (Å²) in [5.74, 6) is 0.860. The van der Waals surface area contributed by atoms with Crippen molar-refractivity contribution in [1.29, 1.82) is 0 Å². The highest BCUT2D eigenvalue weighted by molar-refractivity contribution is 14.0. The first-order chi connectivity index (χ1) is 7.81. The Morgan fingerprint density at radius 2 is 2.29 bits per heavy atom. The maximum Gasteiger partial charge on any atom is 0.190 e. The molecule has 0 aromatic carbocycles. The number of guanidine groups is 1. The van der Waals surface area contributed by atoms with Crippen LogP contribution < -0.4 is 10.6 Å². The maximum atomic E-state index is 5.12. The van der Waals surface area contributed by atoms with E-state index in [1.807, 2.05) is 7.05 Å². The molecule has 0 spiro atoms. The molecule has 0 bridgehead atoms. The van der Waals surface area contributed by atoms with E-state index in [0.717, 1.165) is 25.7 Å². The van der Waals surface area contributed by atoms with Crippen molar-refractivity contribution >= 4 is 29.9 Å². The average molecular weight is 356 g/mol. The van der Waals surface area contributed by atoms with Gasteiger partial charge < -0.3 is 15.4 Å². The van der Waals surface area contributed by atoms with E-state index in [9.17, 15) is 0 Å². The smallest absolute Gasteiger partial charge is 0.190 e. The minimum absolute atomic E-state index is 0. The molecule has 17 heavy (non-hydrogen) atoms. The standard InChI is InChI=1S/C11H24N4O.HI/c1-12-11(13-2)14-9-10-5-4-6-15(10)7-8-16-3;/h10H,4-9H2,1-3H3,(H2,12,13,14);1H. The third kappa shape index (κ3) is 5.87. The summed E-state index contributed by atoms with van der Waals surface area (Å²) >= 11 is 0. The molecular formula is C11H25IN4O. The third-order valence-electron chi connectivity index (χ3n) is 3.05. The zero-order valence-corrected chi connectivity index (χ0v) is 13.4. The molecule has 102 valence electrons. The van der Waals surface area contributed by atoms with E-state index in [1.165, 1.54) is 19.4 Å². The number of halogens is 1. The number of nitrogens with one attached hydrogen (secondary N) is 2. The van der Waals surface area contributed by atoms with Gasteiger partial charge in [0.1, 0.15) is 0 Å². The van der Waals surface area contributed by atoms with Crippen molar-refractivity contribution in [2.75, 3.05) is 47.4 Å². The summed E-state index contributed by atoms with van der Waals surface area (Å²) in [7, 11) is 5.43. The van der Waals surface area contributed by atoms with Crippen molar-refractivity contribution in [3.05, 3.63) is 0 Å². The lowest BCUT2D eigenvalue weighted by Gasteiger charge is -2.24. The Morgan fingerprint density at radius 1 is 1.53 bits per heavy atom. The number of hydrogen-bond acceptors (Lipinski definition) is 3. The van der Waals surface area contributed by atoms with Crippen LogP contribution in [0.25, 0.3) is 0 Å². The second-order valence-corrected chi connectivity index (χ2v) is 4.03. The Hall–Kier alpha value is -0.0800. The van der Waals surface area contributed by atoms with Gasteiger partial charge in [0.05, 0.1) is 6.61 Å². The van der Waals surface area contributed by atoms with Crippen molar-refractivity contribution < 1.29 is 4.74 Å². The molecule has 0 aromatic rings. The molecule has 5 nitrogen and oxygen atoms in total. The topological polar surface area (TPSA) is 48.9 Å². The summed E-state index contributed by atoms with van der Waals surface area (Å²) in [6.07, 6.45) is 2.55. The summed E-state index contributed by atoms with van der Waals surface area (Å²) in [4.78, 5) is 6.59. The van der Waals surface area contributed by atoms with E-state index in [4.69, 9.17) is 4.74 Å². The van der Waals surface area contributed by atoms with Crippen molar-refractivity contribution in [3.63, 3.8) is 0 Å². The van der Waals surface area contributed by atoms with Crippen LogP contribution >= 0.6 is 24.0 Å². The molecule has 0 amide bonds. The van der Waals surface area contributed by atoms with Gasteiger partial charge in [-0.25, -0.2) is 0 Å². The molecule has 1 aliphatic heterocycles. The molecule has 1 unspecified atom stereocenters. The van der Waals surface area contributed by atoms with Gasteiger partial charge in [0.25, 0.3) is 0 Å². The van der Waals surface area contributed by atoms with Gasteiger partial charge in [0, 0.05) is 40.3 Å². The summed E-state index contributed by atoms with van der Waals surface area (Å²) in [5.41, 5.74) is 0. The number of rotatable bonds is 5. The van der Waals surface area contributed by atoms with E-state index < -0.39 is 0 Å². The lowest BCUT2D eigenvalue weighted by molar-refractivity contribution is 0.141. The minimum atomic E-state index is 0. The van der Waals surface area contributed by atoms with Crippen LogP contribution in [-0.4, -0.2) is 64.3 Å². The number of hydrogen-bond donors (Lipinski definition) is 2. The highest BCUT2D eigenvalue weighted by Crippen LogP contribution is 2.15. The molecule has 0 aromatic heterocycles. The fraction of sp³-hybridized carbons (Fsp3) is 0.909. The predicted octanol–water partition coefficient (Wildman–Crippen LogP) is 0.510. The molecule has 0 saturated carbocycles. The molecule has 2 N–H and O–H groups in total. The van der Waals surface area contributed by atoms with Crippen LogP contribution in [0, 0.1) is 0 Å². The molecule has 1 rings (SSSR count). The summed E-state index contributed by atoms with van der Waals surface area (Å²) < 4.78 is 5.12. The van der Waals surface area contributed by atoms with Crippen LogP contribution in [-0.2, 0) is 4.74 Å². The average Bonchev–Trinajstić information content (AvgIpc) is 2.75. The zero-order chi connectivity index (χ0) is 11.8. The number of aliphatic imine (C=N–C) groups is 1. The number of methoxy groups -OCH3 is 1. The molecule has 1 aliphatic rings. The summed E-state index contributed by atoms with van der Waals surface area (Å²) in [5, 5.41) is 6.35. The zero-order valence-electron chi connectivity index (χ0n) is 11.0. The Balaban J connectivity index is 0.00000256. The van der Waals surface area contributed by atoms with E-state index in [2.05, 4.69) is 20.5 Å². The van der Waals surface area contributed by atoms with Crippen LogP contribution in [0.3, 0.4) is 0 Å². The SMILES string of the molecule is CN=C(NC)NCC1CCCN1CCOC.I. The summed E-state index contributed by atoms with van der Waals surface area (Å²) in [6.45, 7) is 3.99. The quantitative estimate of drug-likeness (QED) is 0.428. The van der Waals surface area contributed by atoms with E-state index in [1.54, 1.807) is 14.2 Å². The van der Waals surface area contributed by atoms with Gasteiger partial charge in [0.2, 0.25) is 0 Å². The van der Waals surface area contributed by atoms with Gasteiger partial charge in [-0.15, -0.1) is 24.0 Å². The molecule has 1 atom stereocenters. The van der Waals surface area contributed by atoms with Crippen molar-refractivity contribution in [1.82, 2.24) is 15.5 Å². The first-order valence-electron chi connectivity index (χ1n) is 5.93. The molecule has 1 heterocycles. The van der Waals surface area contributed by atoms with Crippen molar-refractivity contribution in [2.45, 2.75) is 18.9 Å². The largest absolute Gasteiger partial charge is 0.383 e. The minimum Gasteiger partial charge on any atom is -0.383 e. The normalized spacial score (nSPS) is 21.1. The number of ether oxygens (including phenoxy) is 1. The van der Waals surface area contributed by atoms with Crippen molar-refractivity contribution in [2.24, 2.45) is 4.99 Å². The molecule has 1 fully saturated rings. The maximum absolute atomic E-state index is 5.12. The van der Waals surface area contributed by atoms with Crippen LogP contribution in [0.5, 0.6) is 0 Å².